The molecular formula is C25H24FN3O4S. The molecule has 7 nitrogen and oxygen atoms in total. The lowest BCUT2D eigenvalue weighted by atomic mass is 10.1. The lowest BCUT2D eigenvalue weighted by Crippen LogP contribution is -2.30. The maximum atomic E-state index is 14.7. The van der Waals surface area contributed by atoms with Crippen LogP contribution in [0.2, 0.25) is 0 Å². The van der Waals surface area contributed by atoms with Gasteiger partial charge in [0.15, 0.2) is 5.78 Å². The van der Waals surface area contributed by atoms with Gasteiger partial charge < -0.3 is 14.7 Å². The van der Waals surface area contributed by atoms with Crippen LogP contribution >= 0.6 is 11.5 Å². The smallest absolute Gasteiger partial charge is 0.256 e. The maximum Gasteiger partial charge on any atom is 0.256 e. The van der Waals surface area contributed by atoms with Crippen LogP contribution in [0, 0.1) is 11.7 Å². The number of nitrogens with zero attached hydrogens (tertiary/aromatic N) is 3. The number of pyridine rings is 1. The van der Waals surface area contributed by atoms with Crippen molar-refractivity contribution in [2.75, 3.05) is 13.1 Å². The Kier molecular flexibility index (Phi) is 6.14. The number of carbonyl (C=O) groups excluding carboxylic acids is 2. The van der Waals surface area contributed by atoms with E-state index >= 15 is 0 Å². The van der Waals surface area contributed by atoms with Crippen molar-refractivity contribution in [1.82, 2.24) is 14.3 Å². The minimum Gasteiger partial charge on any atom is -0.484 e. The molecule has 1 aliphatic heterocycles. The molecule has 1 saturated heterocycles. The lowest BCUT2D eigenvalue weighted by molar-refractivity contribution is 0.0760. The molecule has 2 aromatic heterocycles. The van der Waals surface area contributed by atoms with Crippen LogP contribution in [0.15, 0.2) is 42.6 Å². The van der Waals surface area contributed by atoms with Crippen molar-refractivity contribution in [2.24, 2.45) is 5.92 Å². The van der Waals surface area contributed by atoms with E-state index in [1.165, 1.54) is 28.6 Å². The third kappa shape index (κ3) is 4.71. The van der Waals surface area contributed by atoms with E-state index in [9.17, 15) is 19.1 Å². The predicted molar refractivity (Wildman–Crippen MR) is 124 cm³/mol. The summed E-state index contributed by atoms with van der Waals surface area (Å²) in [4.78, 5) is 31.2. The van der Waals surface area contributed by atoms with Gasteiger partial charge in [0.1, 0.15) is 23.4 Å². The van der Waals surface area contributed by atoms with Crippen LogP contribution in [0.1, 0.15) is 58.0 Å². The van der Waals surface area contributed by atoms with Crippen molar-refractivity contribution in [3.05, 3.63) is 64.5 Å². The average molecular weight is 482 g/mol. The second-order valence-electron chi connectivity index (χ2n) is 8.78. The van der Waals surface area contributed by atoms with Crippen molar-refractivity contribution < 1.29 is 23.8 Å². The van der Waals surface area contributed by atoms with E-state index in [1.54, 1.807) is 24.4 Å². The minimum atomic E-state index is -0.616. The Labute approximate surface area is 200 Å². The van der Waals surface area contributed by atoms with E-state index in [-0.39, 0.29) is 29.9 Å². The zero-order chi connectivity index (χ0) is 23.8. The SMILES string of the molecule is C[C@@H](Oc1ccc(C(=O)C2CC2)nc1)c1cc(-c2ccc(C(=O)N3CC[C@@H](O)C3)c(F)c2)ns1. The Morgan fingerprint density at radius 2 is 2.03 bits per heavy atom. The van der Waals surface area contributed by atoms with E-state index in [4.69, 9.17) is 4.74 Å². The summed E-state index contributed by atoms with van der Waals surface area (Å²) in [6.07, 6.45) is 3.07. The average Bonchev–Trinajstić information content (AvgIpc) is 3.39. The number of amides is 1. The summed E-state index contributed by atoms with van der Waals surface area (Å²) >= 11 is 1.25. The van der Waals surface area contributed by atoms with Gasteiger partial charge in [-0.1, -0.05) is 6.07 Å². The van der Waals surface area contributed by atoms with Crippen LogP contribution in [-0.4, -0.2) is 50.2 Å². The number of aromatic nitrogens is 2. The second kappa shape index (κ2) is 9.23. The second-order valence-corrected chi connectivity index (χ2v) is 9.62. The molecule has 176 valence electrons. The number of rotatable bonds is 7. The van der Waals surface area contributed by atoms with E-state index < -0.39 is 17.8 Å². The molecule has 34 heavy (non-hydrogen) atoms. The number of ether oxygens (including phenoxy) is 1. The summed E-state index contributed by atoms with van der Waals surface area (Å²) in [5.41, 5.74) is 1.61. The first-order valence-electron chi connectivity index (χ1n) is 11.3. The number of hydrogen-bond donors (Lipinski definition) is 1. The molecule has 9 heteroatoms. The molecule has 3 aromatic rings. The molecule has 2 fully saturated rings. The highest BCUT2D eigenvalue weighted by atomic mass is 32.1. The summed E-state index contributed by atoms with van der Waals surface area (Å²) in [5.74, 6) is -0.269. The van der Waals surface area contributed by atoms with Crippen LogP contribution in [0.4, 0.5) is 4.39 Å². The largest absolute Gasteiger partial charge is 0.484 e. The van der Waals surface area contributed by atoms with Gasteiger partial charge in [0, 0.05) is 24.6 Å². The standard InChI is InChI=1S/C25H24FN3O4S/c1-14(33-18-5-7-21(27-12-18)24(31)15-2-3-15)23-11-22(28-34-23)16-4-6-19(20(26)10-16)25(32)29-9-8-17(30)13-29/h4-7,10-12,14-15,17,30H,2-3,8-9,13H2,1H3/t14-,17-/m1/s1. The van der Waals surface area contributed by atoms with E-state index in [0.717, 1.165) is 17.7 Å². The summed E-state index contributed by atoms with van der Waals surface area (Å²) in [6.45, 7) is 2.53. The Balaban J connectivity index is 1.25. The number of β-amino-alcohol motifs (C(OH)–C–C–N with tert-alkyl or cyclic N) is 1. The predicted octanol–water partition coefficient (Wildman–Crippen LogP) is 4.28. The first-order valence-corrected chi connectivity index (χ1v) is 12.1. The van der Waals surface area contributed by atoms with E-state index in [2.05, 4.69) is 9.36 Å². The third-order valence-electron chi connectivity index (χ3n) is 6.12. The van der Waals surface area contributed by atoms with E-state index in [1.807, 2.05) is 13.0 Å². The van der Waals surface area contributed by atoms with Gasteiger partial charge in [0.2, 0.25) is 0 Å². The number of ketones is 1. The summed E-state index contributed by atoms with van der Waals surface area (Å²) in [5, 5.41) is 9.63. The van der Waals surface area contributed by atoms with Gasteiger partial charge in [-0.25, -0.2) is 9.37 Å². The highest BCUT2D eigenvalue weighted by Gasteiger charge is 2.31. The van der Waals surface area contributed by atoms with Crippen LogP contribution in [0.25, 0.3) is 11.3 Å². The van der Waals surface area contributed by atoms with Crippen LogP contribution < -0.4 is 4.74 Å². The normalized spacial score (nSPS) is 18.7. The summed E-state index contributed by atoms with van der Waals surface area (Å²) < 4.78 is 25.1. The van der Waals surface area contributed by atoms with Gasteiger partial charge in [-0.05, 0) is 68.1 Å². The monoisotopic (exact) mass is 481 g/mol. The fourth-order valence-electron chi connectivity index (χ4n) is 3.97. The molecule has 1 saturated carbocycles. The molecule has 1 aromatic carbocycles. The Morgan fingerprint density at radius 1 is 1.21 bits per heavy atom. The Hall–Kier alpha value is -3.17. The number of likely N-dealkylation sites (tertiary alicyclic amines) is 1. The molecule has 0 radical (unpaired) electrons. The van der Waals surface area contributed by atoms with E-state index in [0.29, 0.717) is 35.7 Å². The molecule has 2 atom stereocenters. The van der Waals surface area contributed by atoms with Crippen LogP contribution in [-0.2, 0) is 0 Å². The Morgan fingerprint density at radius 3 is 2.68 bits per heavy atom. The van der Waals surface area contributed by atoms with Crippen molar-refractivity contribution >= 4 is 23.2 Å². The van der Waals surface area contributed by atoms with Crippen molar-refractivity contribution in [1.29, 1.82) is 0 Å². The first kappa shape index (κ1) is 22.6. The minimum absolute atomic E-state index is 0.0129. The Bertz CT molecular complexity index is 1230. The molecule has 0 bridgehead atoms. The molecule has 3 heterocycles. The van der Waals surface area contributed by atoms with Gasteiger partial charge in [0.05, 0.1) is 28.4 Å². The fraction of sp³-hybridized carbons (Fsp3) is 0.360. The molecule has 1 aliphatic carbocycles. The molecule has 0 unspecified atom stereocenters. The highest BCUT2D eigenvalue weighted by molar-refractivity contribution is 7.06. The van der Waals surface area contributed by atoms with Crippen molar-refractivity contribution in [3.8, 4) is 17.0 Å². The number of aliphatic hydroxyl groups excluding tert-OH is 1. The van der Waals surface area contributed by atoms with Gasteiger partial charge in [-0.15, -0.1) is 0 Å². The maximum absolute atomic E-state index is 14.7. The molecular weight excluding hydrogens is 457 g/mol. The van der Waals surface area contributed by atoms with Gasteiger partial charge >= 0.3 is 0 Å². The third-order valence-corrected chi connectivity index (χ3v) is 7.07. The van der Waals surface area contributed by atoms with Gasteiger partial charge in [-0.2, -0.15) is 4.37 Å². The molecule has 1 amide bonds. The zero-order valence-corrected chi connectivity index (χ0v) is 19.4. The molecule has 0 spiro atoms. The van der Waals surface area contributed by atoms with Crippen LogP contribution in [0.5, 0.6) is 5.75 Å². The van der Waals surface area contributed by atoms with Crippen molar-refractivity contribution in [3.63, 3.8) is 0 Å². The molecule has 1 N–H and O–H groups in total. The number of aliphatic hydroxyl groups is 1. The fourth-order valence-corrected chi connectivity index (χ4v) is 4.70. The molecule has 5 rings (SSSR count). The topological polar surface area (TPSA) is 92.6 Å². The number of benzene rings is 1. The number of Topliss-reactive ketones (excluding diaryl/α,β-unsaturated/α-hetero) is 1. The summed E-state index contributed by atoms with van der Waals surface area (Å²) in [6, 6.07) is 9.71. The van der Waals surface area contributed by atoms with Crippen molar-refractivity contribution in [2.45, 2.75) is 38.4 Å². The number of hydrogen-bond acceptors (Lipinski definition) is 7. The highest BCUT2D eigenvalue weighted by Crippen LogP contribution is 2.33. The first-order chi connectivity index (χ1) is 16.4. The molecule has 2 aliphatic rings. The quantitative estimate of drug-likeness (QED) is 0.507. The number of carbonyl (C=O) groups is 2. The lowest BCUT2D eigenvalue weighted by Gasteiger charge is -2.16. The van der Waals surface area contributed by atoms with Gasteiger partial charge in [-0.3, -0.25) is 9.59 Å². The number of halogens is 1. The zero-order valence-electron chi connectivity index (χ0n) is 18.6. The summed E-state index contributed by atoms with van der Waals surface area (Å²) in [7, 11) is 0. The van der Waals surface area contributed by atoms with Crippen LogP contribution in [0.3, 0.4) is 0 Å². The van der Waals surface area contributed by atoms with Gasteiger partial charge in [0.25, 0.3) is 5.91 Å².